The molecule has 7 nitrogen and oxygen atoms in total. The number of aromatic nitrogens is 3. The number of hydrogen-bond donors (Lipinski definition) is 1. The van der Waals surface area contributed by atoms with Crippen molar-refractivity contribution in [2.75, 3.05) is 5.32 Å². The van der Waals surface area contributed by atoms with Crippen LogP contribution in [0.15, 0.2) is 41.1 Å². The van der Waals surface area contributed by atoms with Crippen molar-refractivity contribution >= 4 is 17.5 Å². The van der Waals surface area contributed by atoms with Gasteiger partial charge in [-0.1, -0.05) is 57.0 Å². The molecule has 2 fully saturated rings. The molecule has 6 rings (SSSR count). The number of nitrogens with zero attached hydrogens (tertiary/aromatic N) is 3. The van der Waals surface area contributed by atoms with Crippen molar-refractivity contribution in [2.45, 2.75) is 89.9 Å². The zero-order valence-corrected chi connectivity index (χ0v) is 22.5. The molecule has 0 unspecified atom stereocenters. The van der Waals surface area contributed by atoms with E-state index in [0.717, 1.165) is 43.2 Å². The first-order chi connectivity index (χ1) is 18.2. The molecular formula is C31H36N4O3. The van der Waals surface area contributed by atoms with Gasteiger partial charge in [-0.25, -0.2) is 4.98 Å². The Labute approximate surface area is 223 Å². The summed E-state index contributed by atoms with van der Waals surface area (Å²) in [4.78, 5) is 34.6. The number of carbonyl (C=O) groups excluding carboxylic acids is 2. The van der Waals surface area contributed by atoms with E-state index in [-0.39, 0.29) is 34.8 Å². The first kappa shape index (κ1) is 25.0. The Morgan fingerprint density at radius 1 is 1.08 bits per heavy atom. The molecule has 0 aliphatic heterocycles. The largest absolute Gasteiger partial charge is 0.331 e. The standard InChI is InChI=1S/C31H36N4O3/c1-30(2,3)29-34-28(38-35-29)25(36)16-22-8-5-4-7-21-15-19(9-10-23(21)22)20-11-14-32-26(17-20)33-27(37)24-18-31(24)12-6-13-31/h9-11,14-15,17,22,24H,4-8,12-13,16,18H2,1-3H3,(H,32,33,37)/t22-,24-/m0/s1. The predicted molar refractivity (Wildman–Crippen MR) is 145 cm³/mol. The maximum Gasteiger partial charge on any atom is 0.294 e. The molecule has 0 saturated heterocycles. The van der Waals surface area contributed by atoms with Crippen molar-refractivity contribution in [2.24, 2.45) is 11.3 Å². The van der Waals surface area contributed by atoms with E-state index in [1.807, 2.05) is 32.9 Å². The fraction of sp³-hybridized carbons (Fsp3) is 0.516. The van der Waals surface area contributed by atoms with Crippen LogP contribution in [-0.2, 0) is 16.6 Å². The van der Waals surface area contributed by atoms with E-state index >= 15 is 0 Å². The van der Waals surface area contributed by atoms with E-state index < -0.39 is 0 Å². The van der Waals surface area contributed by atoms with Crippen molar-refractivity contribution in [1.29, 1.82) is 0 Å². The molecule has 1 amide bonds. The molecular weight excluding hydrogens is 476 g/mol. The Bertz CT molecular complexity index is 1380. The van der Waals surface area contributed by atoms with Gasteiger partial charge in [0.1, 0.15) is 5.82 Å². The second-order valence-corrected chi connectivity index (χ2v) is 12.5. The third kappa shape index (κ3) is 4.79. The molecule has 2 heterocycles. The summed E-state index contributed by atoms with van der Waals surface area (Å²) in [6, 6.07) is 10.5. The van der Waals surface area contributed by atoms with Crippen LogP contribution < -0.4 is 5.32 Å². The van der Waals surface area contributed by atoms with Gasteiger partial charge < -0.3 is 9.84 Å². The monoisotopic (exact) mass is 512 g/mol. The number of benzene rings is 1. The quantitative estimate of drug-likeness (QED) is 0.294. The van der Waals surface area contributed by atoms with Crippen molar-refractivity contribution in [1.82, 2.24) is 15.1 Å². The Morgan fingerprint density at radius 2 is 1.89 bits per heavy atom. The number of hydrogen-bond acceptors (Lipinski definition) is 6. The lowest BCUT2D eigenvalue weighted by atomic mass is 9.80. The normalized spacial score (nSPS) is 21.8. The average Bonchev–Trinajstić information content (AvgIpc) is 3.51. The summed E-state index contributed by atoms with van der Waals surface area (Å²) < 4.78 is 5.32. The van der Waals surface area contributed by atoms with Crippen molar-refractivity contribution in [3.05, 3.63) is 59.4 Å². The number of aryl methyl sites for hydroxylation is 1. The molecule has 1 N–H and O–H groups in total. The molecule has 2 aromatic heterocycles. The average molecular weight is 513 g/mol. The molecule has 0 bridgehead atoms. The number of rotatable bonds is 6. The van der Waals surface area contributed by atoms with Gasteiger partial charge in [0.2, 0.25) is 11.7 Å². The second-order valence-electron chi connectivity index (χ2n) is 12.5. The molecule has 1 spiro atoms. The van der Waals surface area contributed by atoms with E-state index in [9.17, 15) is 9.59 Å². The molecule has 3 aromatic rings. The van der Waals surface area contributed by atoms with E-state index in [1.54, 1.807) is 6.20 Å². The summed E-state index contributed by atoms with van der Waals surface area (Å²) in [6.45, 7) is 6.01. The van der Waals surface area contributed by atoms with Gasteiger partial charge in [-0.3, -0.25) is 9.59 Å². The highest BCUT2D eigenvalue weighted by Gasteiger charge is 2.60. The van der Waals surface area contributed by atoms with E-state index in [2.05, 4.69) is 38.6 Å². The van der Waals surface area contributed by atoms with Crippen LogP contribution in [0.5, 0.6) is 0 Å². The van der Waals surface area contributed by atoms with Crippen molar-refractivity contribution in [3.8, 4) is 11.1 Å². The minimum atomic E-state index is -0.264. The third-order valence-electron chi connectivity index (χ3n) is 8.80. The molecule has 3 aliphatic rings. The summed E-state index contributed by atoms with van der Waals surface area (Å²) in [5.74, 6) is 1.58. The van der Waals surface area contributed by atoms with Crippen molar-refractivity contribution < 1.29 is 14.1 Å². The zero-order valence-electron chi connectivity index (χ0n) is 22.5. The van der Waals surface area contributed by atoms with Crippen molar-refractivity contribution in [3.63, 3.8) is 0 Å². The first-order valence-corrected chi connectivity index (χ1v) is 14.0. The van der Waals surface area contributed by atoms with Gasteiger partial charge in [-0.2, -0.15) is 4.98 Å². The minimum absolute atomic E-state index is 0.0937. The Morgan fingerprint density at radius 3 is 2.61 bits per heavy atom. The van der Waals surface area contributed by atoms with Gasteiger partial charge in [0.15, 0.2) is 5.82 Å². The maximum atomic E-state index is 13.1. The van der Waals surface area contributed by atoms with Gasteiger partial charge >= 0.3 is 0 Å². The summed E-state index contributed by atoms with van der Waals surface area (Å²) in [7, 11) is 0. The number of nitrogens with one attached hydrogen (secondary N) is 1. The molecule has 2 saturated carbocycles. The van der Waals surface area contributed by atoms with E-state index in [4.69, 9.17) is 4.52 Å². The Kier molecular flexibility index (Phi) is 6.20. The fourth-order valence-corrected chi connectivity index (χ4v) is 6.22. The molecule has 1 aromatic carbocycles. The smallest absolute Gasteiger partial charge is 0.294 e. The number of fused-ring (bicyclic) bond motifs is 1. The van der Waals surface area contributed by atoms with Gasteiger partial charge in [-0.15, -0.1) is 0 Å². The van der Waals surface area contributed by atoms with E-state index in [0.29, 0.717) is 23.5 Å². The molecule has 7 heteroatoms. The van der Waals surface area contributed by atoms with Crippen LogP contribution in [0, 0.1) is 11.3 Å². The third-order valence-corrected chi connectivity index (χ3v) is 8.80. The van der Waals surface area contributed by atoms with Crippen LogP contribution in [-0.4, -0.2) is 26.8 Å². The molecule has 3 aliphatic carbocycles. The lowest BCUT2D eigenvalue weighted by Gasteiger charge is -2.26. The summed E-state index contributed by atoms with van der Waals surface area (Å²) in [5, 5.41) is 7.08. The Balaban J connectivity index is 1.18. The van der Waals surface area contributed by atoms with Gasteiger partial charge in [0.05, 0.1) is 0 Å². The number of Topliss-reactive ketones (excluding diaryl/α,β-unsaturated/α-hetero) is 1. The number of ketones is 1. The number of anilines is 1. The maximum absolute atomic E-state index is 13.1. The van der Waals surface area contributed by atoms with Crippen LogP contribution in [0.3, 0.4) is 0 Å². The topological polar surface area (TPSA) is 98.0 Å². The summed E-state index contributed by atoms with van der Waals surface area (Å²) in [6.07, 6.45) is 10.9. The first-order valence-electron chi connectivity index (χ1n) is 14.0. The Hall–Kier alpha value is -3.35. The number of carbonyl (C=O) groups is 2. The summed E-state index contributed by atoms with van der Waals surface area (Å²) in [5.41, 5.74) is 4.68. The fourth-order valence-electron chi connectivity index (χ4n) is 6.22. The number of pyridine rings is 1. The second kappa shape index (κ2) is 9.44. The van der Waals surface area contributed by atoms with Crippen LogP contribution in [0.2, 0.25) is 0 Å². The van der Waals surface area contributed by atoms with Gasteiger partial charge in [-0.05, 0) is 84.2 Å². The highest BCUT2D eigenvalue weighted by Crippen LogP contribution is 2.65. The van der Waals surface area contributed by atoms with Crippen LogP contribution in [0.1, 0.15) is 106 Å². The van der Waals surface area contributed by atoms with Crippen LogP contribution in [0.4, 0.5) is 5.82 Å². The van der Waals surface area contributed by atoms with E-state index in [1.165, 1.54) is 30.4 Å². The SMILES string of the molecule is CC(C)(C)c1noc(C(=O)C[C@@H]2CCCCc3cc(-c4ccnc(NC(=O)[C@@H]5CC56CCC6)c4)ccc32)n1. The highest BCUT2D eigenvalue weighted by molar-refractivity contribution is 5.95. The van der Waals surface area contributed by atoms with Crippen LogP contribution >= 0.6 is 0 Å². The molecule has 0 radical (unpaired) electrons. The number of amides is 1. The van der Waals surface area contributed by atoms with Gasteiger partial charge in [0, 0.05) is 24.0 Å². The molecule has 38 heavy (non-hydrogen) atoms. The molecule has 198 valence electrons. The highest BCUT2D eigenvalue weighted by atomic mass is 16.5. The zero-order chi connectivity index (χ0) is 26.5. The van der Waals surface area contributed by atoms with Crippen LogP contribution in [0.25, 0.3) is 11.1 Å². The van der Waals surface area contributed by atoms with Gasteiger partial charge in [0.25, 0.3) is 5.89 Å². The minimum Gasteiger partial charge on any atom is -0.331 e. The predicted octanol–water partition coefficient (Wildman–Crippen LogP) is 6.64. The lowest BCUT2D eigenvalue weighted by molar-refractivity contribution is -0.118. The molecule has 2 atom stereocenters. The lowest BCUT2D eigenvalue weighted by Crippen LogP contribution is -2.23. The summed E-state index contributed by atoms with van der Waals surface area (Å²) >= 11 is 0.